The summed E-state index contributed by atoms with van der Waals surface area (Å²) in [5.74, 6) is 0.404. The molecule has 0 unspecified atom stereocenters. The summed E-state index contributed by atoms with van der Waals surface area (Å²) in [6.07, 6.45) is 4.28. The van der Waals surface area contributed by atoms with E-state index < -0.39 is 0 Å². The Morgan fingerprint density at radius 3 is 2.96 bits per heavy atom. The highest BCUT2D eigenvalue weighted by molar-refractivity contribution is 5.87. The van der Waals surface area contributed by atoms with E-state index in [1.54, 1.807) is 23.0 Å². The maximum atomic E-state index is 13.4. The Labute approximate surface area is 139 Å². The van der Waals surface area contributed by atoms with Gasteiger partial charge in [0.05, 0.1) is 23.4 Å². The molecule has 0 saturated carbocycles. The largest absolute Gasteiger partial charge is 0.379 e. The van der Waals surface area contributed by atoms with Crippen LogP contribution in [-0.4, -0.2) is 39.0 Å². The predicted octanol–water partition coefficient (Wildman–Crippen LogP) is 3.18. The van der Waals surface area contributed by atoms with Crippen LogP contribution in [0.5, 0.6) is 0 Å². The van der Waals surface area contributed by atoms with Crippen molar-refractivity contribution in [3.63, 3.8) is 0 Å². The Morgan fingerprint density at radius 1 is 1.29 bits per heavy atom. The van der Waals surface area contributed by atoms with Crippen molar-refractivity contribution in [1.29, 1.82) is 0 Å². The van der Waals surface area contributed by atoms with Gasteiger partial charge in [0.2, 0.25) is 0 Å². The first-order valence-corrected chi connectivity index (χ1v) is 7.95. The Morgan fingerprint density at radius 2 is 2.17 bits per heavy atom. The van der Waals surface area contributed by atoms with Crippen LogP contribution in [0.3, 0.4) is 0 Å². The number of benzene rings is 1. The monoisotopic (exact) mass is 329 g/mol. The molecule has 0 aliphatic heterocycles. The number of hydrogen-bond acceptors (Lipinski definition) is 5. The number of anilines is 1. The predicted molar refractivity (Wildman–Crippen MR) is 90.8 cm³/mol. The number of rotatable bonds is 7. The zero-order valence-corrected chi connectivity index (χ0v) is 13.7. The average molecular weight is 329 g/mol. The van der Waals surface area contributed by atoms with Gasteiger partial charge < -0.3 is 10.1 Å². The third-order valence-electron chi connectivity index (χ3n) is 3.48. The Balaban J connectivity index is 1.77. The number of halogens is 1. The van der Waals surface area contributed by atoms with Gasteiger partial charge in [-0.3, -0.25) is 0 Å². The van der Waals surface area contributed by atoms with Gasteiger partial charge in [0, 0.05) is 13.2 Å². The molecule has 0 amide bonds. The van der Waals surface area contributed by atoms with Gasteiger partial charge >= 0.3 is 0 Å². The fourth-order valence-electron chi connectivity index (χ4n) is 2.38. The second-order valence-corrected chi connectivity index (χ2v) is 5.70. The number of ether oxygens (including phenoxy) is 1. The van der Waals surface area contributed by atoms with Crippen molar-refractivity contribution >= 4 is 16.9 Å². The first kappa shape index (κ1) is 16.3. The number of fused-ring (bicyclic) bond motifs is 1. The van der Waals surface area contributed by atoms with E-state index in [-0.39, 0.29) is 11.9 Å². The van der Waals surface area contributed by atoms with Crippen molar-refractivity contribution in [2.75, 3.05) is 18.5 Å². The molecule has 0 radical (unpaired) electrons. The molecule has 7 heteroatoms. The Hall–Kier alpha value is -2.54. The highest BCUT2D eigenvalue weighted by atomic mass is 19.1. The van der Waals surface area contributed by atoms with E-state index in [1.165, 1.54) is 18.5 Å². The van der Waals surface area contributed by atoms with Crippen LogP contribution in [0.2, 0.25) is 0 Å². The third-order valence-corrected chi connectivity index (χ3v) is 3.48. The molecular formula is C17H20FN5O. The molecule has 0 fully saturated rings. The molecule has 0 saturated heterocycles. The van der Waals surface area contributed by atoms with Gasteiger partial charge in [-0.2, -0.15) is 5.10 Å². The average Bonchev–Trinajstić information content (AvgIpc) is 2.99. The fourth-order valence-corrected chi connectivity index (χ4v) is 2.38. The molecule has 2 aromatic heterocycles. The normalized spacial score (nSPS) is 11.3. The lowest BCUT2D eigenvalue weighted by atomic mass is 10.3. The second-order valence-electron chi connectivity index (χ2n) is 5.70. The zero-order chi connectivity index (χ0) is 16.9. The maximum Gasteiger partial charge on any atom is 0.168 e. The highest BCUT2D eigenvalue weighted by Crippen LogP contribution is 2.21. The van der Waals surface area contributed by atoms with E-state index in [0.29, 0.717) is 23.8 Å². The van der Waals surface area contributed by atoms with Gasteiger partial charge in [-0.25, -0.2) is 19.0 Å². The maximum absolute atomic E-state index is 13.4. The molecule has 0 bridgehead atoms. The molecule has 3 rings (SSSR count). The van der Waals surface area contributed by atoms with Crippen LogP contribution in [-0.2, 0) is 4.74 Å². The van der Waals surface area contributed by atoms with Crippen molar-refractivity contribution < 1.29 is 9.13 Å². The van der Waals surface area contributed by atoms with Crippen LogP contribution in [0, 0.1) is 5.82 Å². The molecule has 24 heavy (non-hydrogen) atoms. The number of hydrogen-bond donors (Lipinski definition) is 1. The number of nitrogens with zero attached hydrogens (tertiary/aromatic N) is 4. The standard InChI is InChI=1S/C17H20FN5O/c1-12(2)24-8-4-7-19-16-15-10-22-23(17(15)21-11-20-16)14-6-3-5-13(18)9-14/h3,5-6,9-12H,4,7-8H2,1-2H3,(H,19,20,21). The molecule has 6 nitrogen and oxygen atoms in total. The smallest absolute Gasteiger partial charge is 0.168 e. The quantitative estimate of drug-likeness (QED) is 0.675. The summed E-state index contributed by atoms with van der Waals surface area (Å²) in [5.41, 5.74) is 1.26. The third kappa shape index (κ3) is 3.68. The van der Waals surface area contributed by atoms with Crippen LogP contribution in [0.15, 0.2) is 36.8 Å². The van der Waals surface area contributed by atoms with Crippen LogP contribution < -0.4 is 5.32 Å². The molecule has 0 aliphatic rings. The van der Waals surface area contributed by atoms with Crippen molar-refractivity contribution in [2.45, 2.75) is 26.4 Å². The molecular weight excluding hydrogens is 309 g/mol. The lowest BCUT2D eigenvalue weighted by Crippen LogP contribution is -2.10. The van der Waals surface area contributed by atoms with Gasteiger partial charge in [-0.15, -0.1) is 0 Å². The second kappa shape index (κ2) is 7.35. The van der Waals surface area contributed by atoms with Crippen molar-refractivity contribution in [1.82, 2.24) is 19.7 Å². The van der Waals surface area contributed by atoms with E-state index in [0.717, 1.165) is 18.4 Å². The fraction of sp³-hybridized carbons (Fsp3) is 0.353. The van der Waals surface area contributed by atoms with E-state index in [9.17, 15) is 4.39 Å². The van der Waals surface area contributed by atoms with Gasteiger partial charge in [-0.05, 0) is 38.5 Å². The van der Waals surface area contributed by atoms with Crippen LogP contribution in [0.4, 0.5) is 10.2 Å². The van der Waals surface area contributed by atoms with Crippen LogP contribution in [0.1, 0.15) is 20.3 Å². The minimum Gasteiger partial charge on any atom is -0.379 e. The minimum absolute atomic E-state index is 0.236. The van der Waals surface area contributed by atoms with Crippen molar-refractivity contribution in [3.8, 4) is 5.69 Å². The van der Waals surface area contributed by atoms with Gasteiger partial charge in [0.15, 0.2) is 5.65 Å². The molecule has 3 aromatic rings. The molecule has 2 heterocycles. The molecule has 0 atom stereocenters. The summed E-state index contributed by atoms with van der Waals surface area (Å²) in [7, 11) is 0. The zero-order valence-electron chi connectivity index (χ0n) is 13.7. The SMILES string of the molecule is CC(C)OCCCNc1ncnc2c1cnn2-c1cccc(F)c1. The summed E-state index contributed by atoms with van der Waals surface area (Å²) in [5, 5.41) is 8.39. The van der Waals surface area contributed by atoms with Crippen molar-refractivity contribution in [3.05, 3.63) is 42.6 Å². The van der Waals surface area contributed by atoms with Gasteiger partial charge in [0.1, 0.15) is 18.0 Å². The highest BCUT2D eigenvalue weighted by Gasteiger charge is 2.11. The molecule has 0 aliphatic carbocycles. The van der Waals surface area contributed by atoms with Gasteiger partial charge in [0.25, 0.3) is 0 Å². The lowest BCUT2D eigenvalue weighted by Gasteiger charge is -2.09. The van der Waals surface area contributed by atoms with E-state index >= 15 is 0 Å². The van der Waals surface area contributed by atoms with Crippen LogP contribution in [0.25, 0.3) is 16.7 Å². The topological polar surface area (TPSA) is 64.9 Å². The summed E-state index contributed by atoms with van der Waals surface area (Å²) in [4.78, 5) is 8.55. The summed E-state index contributed by atoms with van der Waals surface area (Å²) in [6, 6.07) is 6.25. The molecule has 1 N–H and O–H groups in total. The first-order valence-electron chi connectivity index (χ1n) is 7.95. The Kier molecular flexibility index (Phi) is 5.00. The lowest BCUT2D eigenvalue weighted by molar-refractivity contribution is 0.0787. The summed E-state index contributed by atoms with van der Waals surface area (Å²) < 4.78 is 20.6. The number of aromatic nitrogens is 4. The first-order chi connectivity index (χ1) is 11.6. The molecule has 0 spiro atoms. The van der Waals surface area contributed by atoms with Gasteiger partial charge in [-0.1, -0.05) is 6.07 Å². The van der Waals surface area contributed by atoms with Crippen molar-refractivity contribution in [2.24, 2.45) is 0 Å². The number of nitrogens with one attached hydrogen (secondary N) is 1. The Bertz CT molecular complexity index is 818. The summed E-state index contributed by atoms with van der Waals surface area (Å²) >= 11 is 0. The molecule has 1 aromatic carbocycles. The van der Waals surface area contributed by atoms with E-state index in [2.05, 4.69) is 20.4 Å². The summed E-state index contributed by atoms with van der Waals surface area (Å²) in [6.45, 7) is 5.47. The minimum atomic E-state index is -0.311. The van der Waals surface area contributed by atoms with Crippen LogP contribution >= 0.6 is 0 Å². The van der Waals surface area contributed by atoms with E-state index in [4.69, 9.17) is 4.74 Å². The molecule has 126 valence electrons. The van der Waals surface area contributed by atoms with E-state index in [1.807, 2.05) is 13.8 Å².